The first-order valence-corrected chi connectivity index (χ1v) is 5.48. The molecule has 1 aromatic carbocycles. The average molecular weight is 274 g/mol. The van der Waals surface area contributed by atoms with Gasteiger partial charge in [-0.1, -0.05) is 0 Å². The first-order chi connectivity index (χ1) is 8.96. The summed E-state index contributed by atoms with van der Waals surface area (Å²) in [7, 11) is 0. The summed E-state index contributed by atoms with van der Waals surface area (Å²) >= 11 is 0. The van der Waals surface area contributed by atoms with Crippen LogP contribution in [-0.4, -0.2) is 45.6 Å². The van der Waals surface area contributed by atoms with Gasteiger partial charge in [-0.05, 0) is 11.6 Å². The Morgan fingerprint density at radius 1 is 1.21 bits per heavy atom. The third-order valence-corrected chi connectivity index (χ3v) is 2.73. The van der Waals surface area contributed by atoms with Crippen LogP contribution in [-0.2, 0) is 6.54 Å². The maximum Gasteiger partial charge on any atom is 0.272 e. The van der Waals surface area contributed by atoms with E-state index in [1.165, 1.54) is 6.07 Å². The molecule has 7 nitrogen and oxygen atoms in total. The van der Waals surface area contributed by atoms with E-state index >= 15 is 0 Å². The number of nitrogens with one attached hydrogen (secondary N) is 1. The van der Waals surface area contributed by atoms with Crippen LogP contribution in [0.25, 0.3) is 0 Å². The number of benzene rings is 1. The van der Waals surface area contributed by atoms with Crippen LogP contribution in [0.2, 0.25) is 0 Å². The Labute approximate surface area is 108 Å². The zero-order valence-electron chi connectivity index (χ0n) is 10.0. The predicted molar refractivity (Wildman–Crippen MR) is 63.9 cm³/mol. The van der Waals surface area contributed by atoms with Crippen LogP contribution >= 0.6 is 0 Å². The number of non-ortho nitro benzene ring substituents is 1. The Kier molecular flexibility index (Phi) is 5.31. The van der Waals surface area contributed by atoms with Gasteiger partial charge < -0.3 is 20.6 Å². The second-order valence-corrected chi connectivity index (χ2v) is 4.18. The van der Waals surface area contributed by atoms with Crippen molar-refractivity contribution in [2.75, 3.05) is 19.8 Å². The average Bonchev–Trinajstić information content (AvgIpc) is 2.40. The summed E-state index contributed by atoms with van der Waals surface area (Å²) < 4.78 is 13.2. The Morgan fingerprint density at radius 2 is 1.79 bits per heavy atom. The van der Waals surface area contributed by atoms with Crippen molar-refractivity contribution < 1.29 is 24.6 Å². The van der Waals surface area contributed by atoms with Gasteiger partial charge in [-0.15, -0.1) is 0 Å². The molecule has 0 atom stereocenters. The molecule has 106 valence electrons. The Morgan fingerprint density at radius 3 is 2.26 bits per heavy atom. The summed E-state index contributed by atoms with van der Waals surface area (Å²) in [5.74, 6) is -0.756. The molecule has 0 aromatic heterocycles. The lowest BCUT2D eigenvalue weighted by atomic mass is 10.0. The van der Waals surface area contributed by atoms with Gasteiger partial charge in [0.2, 0.25) is 0 Å². The van der Waals surface area contributed by atoms with Gasteiger partial charge >= 0.3 is 0 Å². The van der Waals surface area contributed by atoms with Gasteiger partial charge in [0, 0.05) is 12.6 Å². The van der Waals surface area contributed by atoms with Crippen molar-refractivity contribution >= 4 is 5.69 Å². The maximum atomic E-state index is 13.2. The summed E-state index contributed by atoms with van der Waals surface area (Å²) in [4.78, 5) is 9.86. The van der Waals surface area contributed by atoms with E-state index in [0.717, 1.165) is 12.1 Å². The number of aliphatic hydroxyl groups is 3. The molecule has 0 saturated heterocycles. The van der Waals surface area contributed by atoms with Crippen molar-refractivity contribution in [1.29, 1.82) is 0 Å². The van der Waals surface area contributed by atoms with Gasteiger partial charge in [-0.25, -0.2) is 4.39 Å². The van der Waals surface area contributed by atoms with Crippen LogP contribution in [0, 0.1) is 15.9 Å². The van der Waals surface area contributed by atoms with Crippen LogP contribution in [0.1, 0.15) is 5.56 Å². The molecular weight excluding hydrogens is 259 g/mol. The molecular formula is C11H15FN2O5. The normalized spacial score (nSPS) is 11.6. The largest absolute Gasteiger partial charge is 0.394 e. The number of hydrogen-bond donors (Lipinski definition) is 4. The minimum Gasteiger partial charge on any atom is -0.394 e. The second kappa shape index (κ2) is 6.53. The molecule has 0 bridgehead atoms. The molecule has 1 aromatic rings. The van der Waals surface area contributed by atoms with Gasteiger partial charge in [0.1, 0.15) is 5.82 Å². The highest BCUT2D eigenvalue weighted by Gasteiger charge is 2.27. The molecule has 19 heavy (non-hydrogen) atoms. The van der Waals surface area contributed by atoms with E-state index in [4.69, 9.17) is 15.3 Å². The zero-order valence-corrected chi connectivity index (χ0v) is 10.0. The van der Waals surface area contributed by atoms with Crippen molar-refractivity contribution in [3.05, 3.63) is 39.7 Å². The minimum absolute atomic E-state index is 0.0414. The Hall–Kier alpha value is -1.61. The third kappa shape index (κ3) is 3.93. The van der Waals surface area contributed by atoms with Crippen molar-refractivity contribution in [2.45, 2.75) is 12.1 Å². The van der Waals surface area contributed by atoms with Crippen LogP contribution in [0.4, 0.5) is 10.1 Å². The van der Waals surface area contributed by atoms with Gasteiger partial charge in [-0.2, -0.15) is 0 Å². The number of hydrogen-bond acceptors (Lipinski definition) is 6. The molecule has 0 aliphatic rings. The number of nitro benzene ring substituents is 1. The molecule has 0 heterocycles. The fourth-order valence-corrected chi connectivity index (χ4v) is 1.45. The quantitative estimate of drug-likeness (QED) is 0.395. The summed E-state index contributed by atoms with van der Waals surface area (Å²) in [6, 6.07) is 3.06. The number of rotatable bonds is 7. The molecule has 1 rings (SSSR count). The maximum absolute atomic E-state index is 13.2. The molecule has 8 heteroatoms. The second-order valence-electron chi connectivity index (χ2n) is 4.18. The smallest absolute Gasteiger partial charge is 0.272 e. The lowest BCUT2D eigenvalue weighted by Gasteiger charge is -2.28. The van der Waals surface area contributed by atoms with E-state index in [1.54, 1.807) is 0 Å². The molecule has 0 saturated carbocycles. The van der Waals surface area contributed by atoms with Gasteiger partial charge in [-0.3, -0.25) is 10.1 Å². The summed E-state index contributed by atoms with van der Waals surface area (Å²) in [6.45, 7) is -1.63. The standard InChI is InChI=1S/C11H15FN2O5/c12-9-1-8(2-10(3-9)14(18)19)4-13-11(5-15,6-16)7-17/h1-3,13,15-17H,4-7H2. The van der Waals surface area contributed by atoms with Crippen LogP contribution in [0.3, 0.4) is 0 Å². The lowest BCUT2D eigenvalue weighted by Crippen LogP contribution is -2.54. The van der Waals surface area contributed by atoms with Gasteiger partial charge in [0.15, 0.2) is 0 Å². The molecule has 0 aliphatic carbocycles. The Bertz CT molecular complexity index is 442. The van der Waals surface area contributed by atoms with E-state index in [-0.39, 0.29) is 17.8 Å². The Balaban J connectivity index is 2.85. The molecule has 0 radical (unpaired) electrons. The van der Waals surface area contributed by atoms with E-state index in [2.05, 4.69) is 5.32 Å². The van der Waals surface area contributed by atoms with Gasteiger partial charge in [0.05, 0.1) is 36.3 Å². The summed E-state index contributed by atoms with van der Waals surface area (Å²) in [5.41, 5.74) is -1.44. The third-order valence-electron chi connectivity index (χ3n) is 2.73. The van der Waals surface area contributed by atoms with Crippen molar-refractivity contribution in [1.82, 2.24) is 5.32 Å². The first-order valence-electron chi connectivity index (χ1n) is 5.48. The van der Waals surface area contributed by atoms with Crippen molar-refractivity contribution in [3.8, 4) is 0 Å². The van der Waals surface area contributed by atoms with Crippen LogP contribution in [0.5, 0.6) is 0 Å². The zero-order chi connectivity index (χ0) is 14.5. The monoisotopic (exact) mass is 274 g/mol. The molecule has 0 unspecified atom stereocenters. The van der Waals surface area contributed by atoms with E-state index in [0.29, 0.717) is 0 Å². The molecule has 0 amide bonds. The summed E-state index contributed by atoms with van der Waals surface area (Å²) in [5, 5.41) is 40.5. The highest BCUT2D eigenvalue weighted by atomic mass is 19.1. The molecule has 0 aliphatic heterocycles. The summed E-state index contributed by atoms with van der Waals surface area (Å²) in [6.07, 6.45) is 0. The number of halogens is 1. The topological polar surface area (TPSA) is 116 Å². The number of nitro groups is 1. The van der Waals surface area contributed by atoms with Crippen molar-refractivity contribution in [2.24, 2.45) is 0 Å². The lowest BCUT2D eigenvalue weighted by molar-refractivity contribution is -0.385. The van der Waals surface area contributed by atoms with E-state index in [1.807, 2.05) is 0 Å². The van der Waals surface area contributed by atoms with Gasteiger partial charge in [0.25, 0.3) is 5.69 Å². The first kappa shape index (κ1) is 15.4. The van der Waals surface area contributed by atoms with E-state index < -0.39 is 36.1 Å². The van der Waals surface area contributed by atoms with E-state index in [9.17, 15) is 14.5 Å². The SMILES string of the molecule is O=[N+]([O-])c1cc(F)cc(CNC(CO)(CO)CO)c1. The predicted octanol–water partition coefficient (Wildman–Crippen LogP) is -0.461. The van der Waals surface area contributed by atoms with Crippen LogP contribution < -0.4 is 5.32 Å². The molecule has 4 N–H and O–H groups in total. The fraction of sp³-hybridized carbons (Fsp3) is 0.455. The van der Waals surface area contributed by atoms with Crippen molar-refractivity contribution in [3.63, 3.8) is 0 Å². The minimum atomic E-state index is -1.32. The highest BCUT2D eigenvalue weighted by Crippen LogP contribution is 2.17. The highest BCUT2D eigenvalue weighted by molar-refractivity contribution is 5.35. The number of nitrogens with zero attached hydrogens (tertiary/aromatic N) is 1. The molecule has 0 fully saturated rings. The molecule has 0 spiro atoms. The number of aliphatic hydroxyl groups excluding tert-OH is 3. The van der Waals surface area contributed by atoms with Crippen LogP contribution in [0.15, 0.2) is 18.2 Å². The fourth-order valence-electron chi connectivity index (χ4n) is 1.45.